The molecule has 2 aromatic heterocycles. The van der Waals surface area contributed by atoms with E-state index in [-0.39, 0.29) is 0 Å². The lowest BCUT2D eigenvalue weighted by Gasteiger charge is -2.30. The van der Waals surface area contributed by atoms with E-state index in [0.29, 0.717) is 5.92 Å². The molecule has 1 saturated heterocycles. The van der Waals surface area contributed by atoms with Gasteiger partial charge in [-0.1, -0.05) is 18.2 Å². The quantitative estimate of drug-likeness (QED) is 0.735. The summed E-state index contributed by atoms with van der Waals surface area (Å²) in [6, 6.07) is 12.1. The summed E-state index contributed by atoms with van der Waals surface area (Å²) < 4.78 is 5.94. The lowest BCUT2D eigenvalue weighted by molar-refractivity contribution is 0.191. The minimum Gasteiger partial charge on any atom is -0.440 e. The van der Waals surface area contributed by atoms with Crippen molar-refractivity contribution in [3.8, 4) is 0 Å². The first kappa shape index (κ1) is 14.4. The monoisotopic (exact) mass is 307 g/mol. The number of para-hydroxylation sites is 2. The zero-order valence-electron chi connectivity index (χ0n) is 13.4. The molecule has 0 bridgehead atoms. The van der Waals surface area contributed by atoms with Crippen LogP contribution in [0.3, 0.4) is 0 Å². The number of aryl methyl sites for hydroxylation is 1. The van der Waals surface area contributed by atoms with Gasteiger partial charge < -0.3 is 4.42 Å². The third-order valence-electron chi connectivity index (χ3n) is 4.74. The summed E-state index contributed by atoms with van der Waals surface area (Å²) in [7, 11) is 0. The molecule has 0 spiro atoms. The smallest absolute Gasteiger partial charge is 0.198 e. The number of rotatable bonds is 3. The van der Waals surface area contributed by atoms with E-state index in [1.165, 1.54) is 11.3 Å². The van der Waals surface area contributed by atoms with Gasteiger partial charge >= 0.3 is 0 Å². The Morgan fingerprint density at radius 1 is 1.13 bits per heavy atom. The van der Waals surface area contributed by atoms with Gasteiger partial charge in [0.1, 0.15) is 5.52 Å². The van der Waals surface area contributed by atoms with Crippen molar-refractivity contribution in [2.24, 2.45) is 0 Å². The van der Waals surface area contributed by atoms with Gasteiger partial charge in [-0.2, -0.15) is 0 Å². The van der Waals surface area contributed by atoms with Gasteiger partial charge in [0.25, 0.3) is 0 Å². The van der Waals surface area contributed by atoms with Gasteiger partial charge in [0.2, 0.25) is 0 Å². The Bertz CT molecular complexity index is 770. The Labute approximate surface area is 136 Å². The Balaban J connectivity index is 1.41. The Morgan fingerprint density at radius 3 is 2.74 bits per heavy atom. The maximum Gasteiger partial charge on any atom is 0.198 e. The van der Waals surface area contributed by atoms with E-state index in [0.717, 1.165) is 49.5 Å². The normalized spacial score (nSPS) is 16.9. The maximum absolute atomic E-state index is 5.94. The molecular weight excluding hydrogens is 286 g/mol. The second kappa shape index (κ2) is 6.13. The van der Waals surface area contributed by atoms with Gasteiger partial charge in [-0.25, -0.2) is 4.98 Å². The minimum absolute atomic E-state index is 0.434. The van der Waals surface area contributed by atoms with E-state index in [4.69, 9.17) is 4.42 Å². The second-order valence-corrected chi connectivity index (χ2v) is 6.34. The van der Waals surface area contributed by atoms with Crippen LogP contribution in [0, 0.1) is 6.92 Å². The van der Waals surface area contributed by atoms with E-state index in [1.54, 1.807) is 0 Å². The number of fused-ring (bicyclic) bond motifs is 1. The van der Waals surface area contributed by atoms with Crippen LogP contribution in [0.1, 0.15) is 35.9 Å². The summed E-state index contributed by atoms with van der Waals surface area (Å²) >= 11 is 0. The van der Waals surface area contributed by atoms with Crippen LogP contribution in [-0.4, -0.2) is 28.0 Å². The van der Waals surface area contributed by atoms with Gasteiger partial charge in [0, 0.05) is 18.7 Å². The highest BCUT2D eigenvalue weighted by Gasteiger charge is 2.25. The number of likely N-dealkylation sites (tertiary alicyclic amines) is 1. The Kier molecular flexibility index (Phi) is 3.83. The first-order valence-corrected chi connectivity index (χ1v) is 8.28. The topological polar surface area (TPSA) is 42.2 Å². The molecule has 0 amide bonds. The summed E-state index contributed by atoms with van der Waals surface area (Å²) in [4.78, 5) is 11.6. The first-order chi connectivity index (χ1) is 11.3. The van der Waals surface area contributed by atoms with Crippen molar-refractivity contribution in [3.63, 3.8) is 0 Å². The van der Waals surface area contributed by atoms with Crippen LogP contribution >= 0.6 is 0 Å². The van der Waals surface area contributed by atoms with Gasteiger partial charge in [0.15, 0.2) is 11.5 Å². The number of hydrogen-bond donors (Lipinski definition) is 0. The molecule has 4 nitrogen and oxygen atoms in total. The third kappa shape index (κ3) is 2.99. The van der Waals surface area contributed by atoms with Crippen molar-refractivity contribution in [1.82, 2.24) is 14.9 Å². The molecule has 0 saturated carbocycles. The fourth-order valence-corrected chi connectivity index (χ4v) is 3.30. The lowest BCUT2D eigenvalue weighted by atomic mass is 9.96. The number of aromatic nitrogens is 2. The number of oxazole rings is 1. The van der Waals surface area contributed by atoms with E-state index >= 15 is 0 Å². The number of pyridine rings is 1. The van der Waals surface area contributed by atoms with Crippen LogP contribution in [0.25, 0.3) is 11.1 Å². The first-order valence-electron chi connectivity index (χ1n) is 8.28. The van der Waals surface area contributed by atoms with E-state index in [9.17, 15) is 0 Å². The SMILES string of the molecule is Cc1cccnc1CN1CCC(c2nc3ccccc3o2)CC1. The zero-order valence-corrected chi connectivity index (χ0v) is 13.4. The van der Waals surface area contributed by atoms with Gasteiger partial charge in [-0.05, 0) is 56.6 Å². The van der Waals surface area contributed by atoms with Crippen molar-refractivity contribution in [1.29, 1.82) is 0 Å². The van der Waals surface area contributed by atoms with E-state index in [2.05, 4.69) is 27.9 Å². The average molecular weight is 307 g/mol. The molecule has 0 radical (unpaired) electrons. The van der Waals surface area contributed by atoms with Crippen molar-refractivity contribution in [3.05, 3.63) is 59.7 Å². The maximum atomic E-state index is 5.94. The third-order valence-corrected chi connectivity index (χ3v) is 4.74. The Morgan fingerprint density at radius 2 is 1.96 bits per heavy atom. The predicted octanol–water partition coefficient (Wildman–Crippen LogP) is 3.91. The highest BCUT2D eigenvalue weighted by molar-refractivity contribution is 5.72. The van der Waals surface area contributed by atoms with Crippen molar-refractivity contribution >= 4 is 11.1 Å². The molecule has 1 aliphatic heterocycles. The van der Waals surface area contributed by atoms with Crippen molar-refractivity contribution in [2.75, 3.05) is 13.1 Å². The lowest BCUT2D eigenvalue weighted by Crippen LogP contribution is -2.33. The molecular formula is C19H21N3O. The fourth-order valence-electron chi connectivity index (χ4n) is 3.30. The molecule has 0 unspecified atom stereocenters. The number of piperidine rings is 1. The fraction of sp³-hybridized carbons (Fsp3) is 0.368. The van der Waals surface area contributed by atoms with Gasteiger partial charge in [0.05, 0.1) is 5.69 Å². The van der Waals surface area contributed by atoms with E-state index in [1.807, 2.05) is 36.5 Å². The minimum atomic E-state index is 0.434. The molecule has 3 aromatic rings. The largest absolute Gasteiger partial charge is 0.440 e. The molecule has 118 valence electrons. The van der Waals surface area contributed by atoms with Crippen molar-refractivity contribution < 1.29 is 4.42 Å². The van der Waals surface area contributed by atoms with Crippen LogP contribution in [0.4, 0.5) is 0 Å². The molecule has 4 heteroatoms. The second-order valence-electron chi connectivity index (χ2n) is 6.34. The molecule has 0 N–H and O–H groups in total. The van der Waals surface area contributed by atoms with Crippen LogP contribution in [0.15, 0.2) is 47.0 Å². The molecule has 1 fully saturated rings. The van der Waals surface area contributed by atoms with Crippen LogP contribution in [0.5, 0.6) is 0 Å². The summed E-state index contributed by atoms with van der Waals surface area (Å²) in [5.74, 6) is 1.34. The van der Waals surface area contributed by atoms with Gasteiger partial charge in [-0.15, -0.1) is 0 Å². The number of benzene rings is 1. The molecule has 1 aliphatic rings. The van der Waals surface area contributed by atoms with Crippen LogP contribution < -0.4 is 0 Å². The zero-order chi connectivity index (χ0) is 15.6. The number of hydrogen-bond acceptors (Lipinski definition) is 4. The molecule has 1 aromatic carbocycles. The van der Waals surface area contributed by atoms with Crippen molar-refractivity contribution in [2.45, 2.75) is 32.2 Å². The summed E-state index contributed by atoms with van der Waals surface area (Å²) in [5.41, 5.74) is 4.32. The molecule has 0 atom stereocenters. The molecule has 0 aliphatic carbocycles. The summed E-state index contributed by atoms with van der Waals surface area (Å²) in [5, 5.41) is 0. The summed E-state index contributed by atoms with van der Waals surface area (Å²) in [6.45, 7) is 5.21. The predicted molar refractivity (Wildman–Crippen MR) is 90.2 cm³/mol. The average Bonchev–Trinajstić information content (AvgIpc) is 3.02. The molecule has 3 heterocycles. The summed E-state index contributed by atoms with van der Waals surface area (Å²) in [6.07, 6.45) is 4.07. The Hall–Kier alpha value is -2.20. The van der Waals surface area contributed by atoms with Crippen LogP contribution in [0.2, 0.25) is 0 Å². The molecule has 23 heavy (non-hydrogen) atoms. The van der Waals surface area contributed by atoms with Gasteiger partial charge in [-0.3, -0.25) is 9.88 Å². The molecule has 4 rings (SSSR count). The van der Waals surface area contributed by atoms with E-state index < -0.39 is 0 Å². The standard InChI is InChI=1S/C19H21N3O/c1-14-5-4-10-20-17(14)13-22-11-8-15(9-12-22)19-21-16-6-2-3-7-18(16)23-19/h2-7,10,15H,8-9,11-13H2,1H3. The van der Waals surface area contributed by atoms with Crippen LogP contribution in [-0.2, 0) is 6.54 Å². The highest BCUT2D eigenvalue weighted by Crippen LogP contribution is 2.30. The number of nitrogens with zero attached hydrogens (tertiary/aromatic N) is 3. The highest BCUT2D eigenvalue weighted by atomic mass is 16.3.